The summed E-state index contributed by atoms with van der Waals surface area (Å²) in [6.45, 7) is 0.159. The highest BCUT2D eigenvalue weighted by molar-refractivity contribution is 9.10. The predicted octanol–water partition coefficient (Wildman–Crippen LogP) is 5.02. The molecule has 0 spiro atoms. The second kappa shape index (κ2) is 8.05. The normalized spacial score (nSPS) is 10.4. The van der Waals surface area contributed by atoms with E-state index in [0.29, 0.717) is 16.0 Å². The highest BCUT2D eigenvalue weighted by Crippen LogP contribution is 2.21. The van der Waals surface area contributed by atoms with E-state index in [9.17, 15) is 9.18 Å². The van der Waals surface area contributed by atoms with E-state index in [2.05, 4.69) is 21.2 Å². The molecular formula is C19H15BrFNO4. The third-order valence-corrected chi connectivity index (χ3v) is 4.00. The molecule has 0 saturated carbocycles. The number of methoxy groups -OCH3 is 1. The molecule has 2 aromatic carbocycles. The lowest BCUT2D eigenvalue weighted by molar-refractivity contribution is 0.0992. The fourth-order valence-corrected chi connectivity index (χ4v) is 2.51. The smallest absolute Gasteiger partial charge is 0.291 e. The molecule has 3 aromatic rings. The first kappa shape index (κ1) is 18.0. The van der Waals surface area contributed by atoms with Gasteiger partial charge in [-0.15, -0.1) is 0 Å². The lowest BCUT2D eigenvalue weighted by Gasteiger charge is -2.06. The number of hydrogen-bond acceptors (Lipinski definition) is 4. The van der Waals surface area contributed by atoms with Crippen molar-refractivity contribution in [1.29, 1.82) is 0 Å². The summed E-state index contributed by atoms with van der Waals surface area (Å²) in [7, 11) is 1.59. The number of ether oxygens (including phenoxy) is 2. The third kappa shape index (κ3) is 4.43. The van der Waals surface area contributed by atoms with E-state index < -0.39 is 11.7 Å². The van der Waals surface area contributed by atoms with Crippen LogP contribution >= 0.6 is 15.9 Å². The van der Waals surface area contributed by atoms with Crippen LogP contribution in [-0.2, 0) is 6.61 Å². The summed E-state index contributed by atoms with van der Waals surface area (Å²) in [5.41, 5.74) is 0.0747. The summed E-state index contributed by atoms with van der Waals surface area (Å²) in [4.78, 5) is 12.2. The quantitative estimate of drug-likeness (QED) is 0.609. The fraction of sp³-hybridized carbons (Fsp3) is 0.105. The van der Waals surface area contributed by atoms with Crippen molar-refractivity contribution < 1.29 is 23.1 Å². The van der Waals surface area contributed by atoms with E-state index in [1.54, 1.807) is 43.5 Å². The summed E-state index contributed by atoms with van der Waals surface area (Å²) in [5.74, 6) is 0.840. The SMILES string of the molecule is COc1ccc(OCc2ccc(C(=O)Nc3ccc(Br)cc3F)o2)cc1. The third-order valence-electron chi connectivity index (χ3n) is 3.51. The summed E-state index contributed by atoms with van der Waals surface area (Å²) in [6.07, 6.45) is 0. The minimum absolute atomic E-state index is 0.0700. The van der Waals surface area contributed by atoms with E-state index in [1.165, 1.54) is 18.2 Å². The zero-order valence-electron chi connectivity index (χ0n) is 13.8. The van der Waals surface area contributed by atoms with E-state index >= 15 is 0 Å². The Hall–Kier alpha value is -2.80. The molecule has 26 heavy (non-hydrogen) atoms. The van der Waals surface area contributed by atoms with Crippen LogP contribution in [0.5, 0.6) is 11.5 Å². The van der Waals surface area contributed by atoms with Crippen molar-refractivity contribution in [2.45, 2.75) is 6.61 Å². The van der Waals surface area contributed by atoms with Gasteiger partial charge in [-0.2, -0.15) is 0 Å². The van der Waals surface area contributed by atoms with Crippen LogP contribution in [-0.4, -0.2) is 13.0 Å². The van der Waals surface area contributed by atoms with Gasteiger partial charge < -0.3 is 19.2 Å². The Kier molecular flexibility index (Phi) is 5.58. The lowest BCUT2D eigenvalue weighted by atomic mass is 10.3. The number of nitrogens with one attached hydrogen (secondary N) is 1. The first-order valence-electron chi connectivity index (χ1n) is 7.67. The van der Waals surface area contributed by atoms with E-state index in [0.717, 1.165) is 5.75 Å². The molecule has 0 saturated heterocycles. The molecule has 1 N–H and O–H groups in total. The van der Waals surface area contributed by atoms with Crippen molar-refractivity contribution in [3.8, 4) is 11.5 Å². The zero-order valence-corrected chi connectivity index (χ0v) is 15.4. The number of amides is 1. The van der Waals surface area contributed by atoms with Crippen LogP contribution in [0.2, 0.25) is 0 Å². The van der Waals surface area contributed by atoms with Crippen molar-refractivity contribution in [3.63, 3.8) is 0 Å². The number of rotatable bonds is 6. The maximum Gasteiger partial charge on any atom is 0.291 e. The molecule has 1 amide bonds. The maximum atomic E-state index is 13.8. The van der Waals surface area contributed by atoms with Crippen molar-refractivity contribution in [3.05, 3.63) is 76.4 Å². The number of carbonyl (C=O) groups is 1. The molecule has 7 heteroatoms. The van der Waals surface area contributed by atoms with Gasteiger partial charge in [-0.05, 0) is 54.6 Å². The van der Waals surface area contributed by atoms with Crippen molar-refractivity contribution in [2.75, 3.05) is 12.4 Å². The van der Waals surface area contributed by atoms with E-state index in [1.807, 2.05) is 0 Å². The molecule has 0 aliphatic heterocycles. The molecule has 0 aliphatic rings. The summed E-state index contributed by atoms with van der Waals surface area (Å²) in [6, 6.07) is 14.6. The molecule has 5 nitrogen and oxygen atoms in total. The average molecular weight is 420 g/mol. The Bertz CT molecular complexity index is 908. The highest BCUT2D eigenvalue weighted by Gasteiger charge is 2.14. The van der Waals surface area contributed by atoms with Gasteiger partial charge in [-0.3, -0.25) is 4.79 Å². The number of carbonyl (C=O) groups excluding carboxylic acids is 1. The van der Waals surface area contributed by atoms with Gasteiger partial charge in [-0.1, -0.05) is 15.9 Å². The van der Waals surface area contributed by atoms with Crippen molar-refractivity contribution in [1.82, 2.24) is 0 Å². The largest absolute Gasteiger partial charge is 0.497 e. The minimum atomic E-state index is -0.540. The Morgan fingerprint density at radius 2 is 1.85 bits per heavy atom. The molecule has 0 atom stereocenters. The molecule has 0 bridgehead atoms. The number of anilines is 1. The first-order valence-corrected chi connectivity index (χ1v) is 8.46. The Morgan fingerprint density at radius 3 is 2.54 bits per heavy atom. The summed E-state index contributed by atoms with van der Waals surface area (Å²) < 4.78 is 30.5. The lowest BCUT2D eigenvalue weighted by Crippen LogP contribution is -2.12. The van der Waals surface area contributed by atoms with Gasteiger partial charge in [0.1, 0.15) is 29.7 Å². The van der Waals surface area contributed by atoms with Crippen LogP contribution in [0.25, 0.3) is 0 Å². The molecule has 134 valence electrons. The van der Waals surface area contributed by atoms with Crippen molar-refractivity contribution in [2.24, 2.45) is 0 Å². The van der Waals surface area contributed by atoms with Gasteiger partial charge in [0.05, 0.1) is 12.8 Å². The number of furan rings is 1. The molecule has 0 unspecified atom stereocenters. The molecule has 3 rings (SSSR count). The number of halogens is 2. The fourth-order valence-electron chi connectivity index (χ4n) is 2.18. The average Bonchev–Trinajstić information content (AvgIpc) is 3.12. The van der Waals surface area contributed by atoms with Gasteiger partial charge in [-0.25, -0.2) is 4.39 Å². The van der Waals surface area contributed by atoms with Crippen LogP contribution in [0.15, 0.2) is 63.5 Å². The van der Waals surface area contributed by atoms with Crippen LogP contribution in [0.3, 0.4) is 0 Å². The predicted molar refractivity (Wildman–Crippen MR) is 98.1 cm³/mol. The second-order valence-corrected chi connectivity index (χ2v) is 6.22. The maximum absolute atomic E-state index is 13.8. The Morgan fingerprint density at radius 1 is 1.12 bits per heavy atom. The van der Waals surface area contributed by atoms with Crippen LogP contribution in [0.4, 0.5) is 10.1 Å². The molecule has 0 radical (unpaired) electrons. The van der Waals surface area contributed by atoms with Crippen LogP contribution < -0.4 is 14.8 Å². The first-order chi connectivity index (χ1) is 12.5. The molecular weight excluding hydrogens is 405 g/mol. The summed E-state index contributed by atoms with van der Waals surface area (Å²) >= 11 is 3.16. The Labute approximate surface area is 157 Å². The highest BCUT2D eigenvalue weighted by atomic mass is 79.9. The number of benzene rings is 2. The molecule has 0 aliphatic carbocycles. The van der Waals surface area contributed by atoms with Gasteiger partial charge in [0, 0.05) is 4.47 Å². The minimum Gasteiger partial charge on any atom is -0.497 e. The van der Waals surface area contributed by atoms with Gasteiger partial charge >= 0.3 is 0 Å². The second-order valence-electron chi connectivity index (χ2n) is 5.31. The van der Waals surface area contributed by atoms with Gasteiger partial charge in [0.25, 0.3) is 5.91 Å². The zero-order chi connectivity index (χ0) is 18.5. The Balaban J connectivity index is 1.60. The van der Waals surface area contributed by atoms with Crippen LogP contribution in [0.1, 0.15) is 16.3 Å². The van der Waals surface area contributed by atoms with Gasteiger partial charge in [0.2, 0.25) is 0 Å². The standard InChI is InChI=1S/C19H15BrFNO4/c1-24-13-3-5-14(6-4-13)25-11-15-7-9-18(26-15)19(23)22-17-8-2-12(20)10-16(17)21/h2-10H,11H2,1H3,(H,22,23). The molecule has 1 heterocycles. The topological polar surface area (TPSA) is 60.7 Å². The summed E-state index contributed by atoms with van der Waals surface area (Å²) in [5, 5.41) is 2.47. The van der Waals surface area contributed by atoms with Gasteiger partial charge in [0.15, 0.2) is 5.76 Å². The van der Waals surface area contributed by atoms with E-state index in [4.69, 9.17) is 13.9 Å². The monoisotopic (exact) mass is 419 g/mol. The van der Waals surface area contributed by atoms with Crippen LogP contribution in [0, 0.1) is 5.82 Å². The number of hydrogen-bond donors (Lipinski definition) is 1. The molecule has 1 aromatic heterocycles. The molecule has 0 fully saturated rings. The van der Waals surface area contributed by atoms with Crippen molar-refractivity contribution >= 4 is 27.5 Å². The van der Waals surface area contributed by atoms with E-state index in [-0.39, 0.29) is 18.1 Å².